The Balaban J connectivity index is 1.65. The number of thioether (sulfide) groups is 1. The summed E-state index contributed by atoms with van der Waals surface area (Å²) in [6.07, 6.45) is 1.79. The van der Waals surface area contributed by atoms with Crippen molar-refractivity contribution >= 4 is 44.8 Å². The standard InChI is InChI=1S/C20H24BrN5S/c1-25-9-11-26(12-10-25)19-13-18(21)8-7-17(19)14-23-24-20(22)27-15-16-5-3-2-4-6-16/h2-8,13-14H,9-12,15H2,1H3,(H2,22,24). The van der Waals surface area contributed by atoms with Crippen LogP contribution in [0.4, 0.5) is 5.69 Å². The predicted octanol–water partition coefficient (Wildman–Crippen LogP) is 3.78. The van der Waals surface area contributed by atoms with Crippen LogP contribution in [0, 0.1) is 0 Å². The van der Waals surface area contributed by atoms with Crippen LogP contribution in [0.1, 0.15) is 11.1 Å². The van der Waals surface area contributed by atoms with Crippen LogP contribution in [0.5, 0.6) is 0 Å². The van der Waals surface area contributed by atoms with Crippen molar-refractivity contribution in [3.63, 3.8) is 0 Å². The molecule has 2 aromatic carbocycles. The Morgan fingerprint density at radius 2 is 1.89 bits per heavy atom. The second kappa shape index (κ2) is 9.92. The van der Waals surface area contributed by atoms with Gasteiger partial charge in [0.1, 0.15) is 0 Å². The van der Waals surface area contributed by atoms with Gasteiger partial charge in [-0.05, 0) is 24.7 Å². The molecular formula is C20H24BrN5S. The highest BCUT2D eigenvalue weighted by Crippen LogP contribution is 2.25. The summed E-state index contributed by atoms with van der Waals surface area (Å²) in [5, 5.41) is 8.83. The second-order valence-electron chi connectivity index (χ2n) is 6.45. The molecule has 0 radical (unpaired) electrons. The number of rotatable bonds is 5. The number of piperazine rings is 1. The van der Waals surface area contributed by atoms with Gasteiger partial charge in [-0.1, -0.05) is 64.1 Å². The lowest BCUT2D eigenvalue weighted by atomic mass is 10.1. The first kappa shape index (κ1) is 19.9. The maximum Gasteiger partial charge on any atom is 0.180 e. The number of hydrogen-bond donors (Lipinski definition) is 1. The van der Waals surface area contributed by atoms with Crippen LogP contribution in [-0.2, 0) is 5.75 Å². The van der Waals surface area contributed by atoms with Gasteiger partial charge < -0.3 is 15.5 Å². The summed E-state index contributed by atoms with van der Waals surface area (Å²) in [5.74, 6) is 0.788. The first-order valence-corrected chi connectivity index (χ1v) is 10.7. The fourth-order valence-corrected chi connectivity index (χ4v) is 3.82. The van der Waals surface area contributed by atoms with E-state index in [1.807, 2.05) is 24.3 Å². The fraction of sp³-hybridized carbons (Fsp3) is 0.300. The van der Waals surface area contributed by atoms with E-state index in [4.69, 9.17) is 5.73 Å². The normalized spacial score (nSPS) is 16.2. The third kappa shape index (κ3) is 6.09. The molecule has 5 nitrogen and oxygen atoms in total. The van der Waals surface area contributed by atoms with E-state index in [0.717, 1.165) is 42.0 Å². The molecule has 0 amide bonds. The SMILES string of the molecule is CN1CCN(c2cc(Br)ccc2C=NN=C(N)SCc2ccccc2)CC1. The number of hydrogen-bond acceptors (Lipinski definition) is 5. The van der Waals surface area contributed by atoms with Crippen LogP contribution in [-0.4, -0.2) is 49.5 Å². The molecule has 1 fully saturated rings. The lowest BCUT2D eigenvalue weighted by Gasteiger charge is -2.34. The van der Waals surface area contributed by atoms with Gasteiger partial charge in [-0.25, -0.2) is 0 Å². The zero-order valence-corrected chi connectivity index (χ0v) is 17.8. The number of nitrogens with two attached hydrogens (primary N) is 1. The highest BCUT2D eigenvalue weighted by Gasteiger charge is 2.16. The molecule has 1 heterocycles. The Labute approximate surface area is 173 Å². The van der Waals surface area contributed by atoms with Gasteiger partial charge in [-0.15, -0.1) is 5.10 Å². The third-order valence-corrected chi connectivity index (χ3v) is 5.77. The molecule has 0 unspecified atom stereocenters. The van der Waals surface area contributed by atoms with E-state index < -0.39 is 0 Å². The summed E-state index contributed by atoms with van der Waals surface area (Å²) in [6, 6.07) is 16.4. The molecule has 1 saturated heterocycles. The summed E-state index contributed by atoms with van der Waals surface area (Å²) in [7, 11) is 2.16. The average Bonchev–Trinajstić information content (AvgIpc) is 2.69. The van der Waals surface area contributed by atoms with Gasteiger partial charge in [0, 0.05) is 47.7 Å². The largest absolute Gasteiger partial charge is 0.377 e. The van der Waals surface area contributed by atoms with Crippen LogP contribution >= 0.6 is 27.7 Å². The van der Waals surface area contributed by atoms with Crippen molar-refractivity contribution in [2.24, 2.45) is 15.9 Å². The van der Waals surface area contributed by atoms with Gasteiger partial charge in [0.15, 0.2) is 5.17 Å². The number of nitrogens with zero attached hydrogens (tertiary/aromatic N) is 4. The third-order valence-electron chi connectivity index (χ3n) is 4.42. The molecular weight excluding hydrogens is 422 g/mol. The van der Waals surface area contributed by atoms with E-state index in [2.05, 4.69) is 67.2 Å². The molecule has 1 aliphatic heterocycles. The Kier molecular flexibility index (Phi) is 7.32. The molecule has 1 aliphatic rings. The summed E-state index contributed by atoms with van der Waals surface area (Å²) in [6.45, 7) is 4.13. The smallest absolute Gasteiger partial charge is 0.180 e. The van der Waals surface area contributed by atoms with Crippen LogP contribution in [0.25, 0.3) is 0 Å². The molecule has 0 bridgehead atoms. The van der Waals surface area contributed by atoms with E-state index in [9.17, 15) is 0 Å². The maximum atomic E-state index is 5.98. The molecule has 0 atom stereocenters. The van der Waals surface area contributed by atoms with Crippen molar-refractivity contribution in [2.75, 3.05) is 38.1 Å². The Hall–Kier alpha value is -1.83. The highest BCUT2D eigenvalue weighted by molar-refractivity contribution is 9.10. The lowest BCUT2D eigenvalue weighted by Crippen LogP contribution is -2.44. The molecule has 0 saturated carbocycles. The highest BCUT2D eigenvalue weighted by atomic mass is 79.9. The zero-order valence-electron chi connectivity index (χ0n) is 15.4. The van der Waals surface area contributed by atoms with E-state index >= 15 is 0 Å². The summed E-state index contributed by atoms with van der Waals surface area (Å²) < 4.78 is 1.06. The monoisotopic (exact) mass is 445 g/mol. The minimum Gasteiger partial charge on any atom is -0.377 e. The van der Waals surface area contributed by atoms with E-state index in [-0.39, 0.29) is 0 Å². The predicted molar refractivity (Wildman–Crippen MR) is 121 cm³/mol. The van der Waals surface area contributed by atoms with Crippen molar-refractivity contribution in [2.45, 2.75) is 5.75 Å². The maximum absolute atomic E-state index is 5.98. The number of halogens is 1. The Bertz CT molecular complexity index is 801. The summed E-state index contributed by atoms with van der Waals surface area (Å²) in [4.78, 5) is 4.74. The molecule has 0 aliphatic carbocycles. The molecule has 2 N–H and O–H groups in total. The summed E-state index contributed by atoms with van der Waals surface area (Å²) in [5.41, 5.74) is 9.42. The topological polar surface area (TPSA) is 57.2 Å². The van der Waals surface area contributed by atoms with Gasteiger partial charge >= 0.3 is 0 Å². The van der Waals surface area contributed by atoms with Crippen LogP contribution in [0.15, 0.2) is 63.2 Å². The van der Waals surface area contributed by atoms with Crippen molar-refractivity contribution in [3.8, 4) is 0 Å². The Morgan fingerprint density at radius 3 is 2.63 bits per heavy atom. The molecule has 3 rings (SSSR count). The van der Waals surface area contributed by atoms with E-state index in [1.54, 1.807) is 6.21 Å². The lowest BCUT2D eigenvalue weighted by molar-refractivity contribution is 0.313. The number of amidine groups is 1. The van der Waals surface area contributed by atoms with Crippen LogP contribution in [0.3, 0.4) is 0 Å². The minimum absolute atomic E-state index is 0.466. The average molecular weight is 446 g/mol. The van der Waals surface area contributed by atoms with Crippen molar-refractivity contribution in [1.29, 1.82) is 0 Å². The molecule has 7 heteroatoms. The van der Waals surface area contributed by atoms with Crippen LogP contribution < -0.4 is 10.6 Å². The van der Waals surface area contributed by atoms with Gasteiger partial charge in [0.25, 0.3) is 0 Å². The van der Waals surface area contributed by atoms with Crippen molar-refractivity contribution < 1.29 is 0 Å². The van der Waals surface area contributed by atoms with E-state index in [0.29, 0.717) is 5.17 Å². The molecule has 0 spiro atoms. The summed E-state index contributed by atoms with van der Waals surface area (Å²) >= 11 is 5.07. The van der Waals surface area contributed by atoms with E-state index in [1.165, 1.54) is 23.0 Å². The second-order valence-corrected chi connectivity index (χ2v) is 8.36. The number of anilines is 1. The number of likely N-dealkylation sites (N-methyl/N-ethyl adjacent to an activating group) is 1. The fourth-order valence-electron chi connectivity index (χ4n) is 2.86. The van der Waals surface area contributed by atoms with Gasteiger partial charge in [-0.3, -0.25) is 0 Å². The first-order valence-electron chi connectivity index (χ1n) is 8.88. The molecule has 0 aromatic heterocycles. The number of benzene rings is 2. The molecule has 142 valence electrons. The minimum atomic E-state index is 0.466. The van der Waals surface area contributed by atoms with Crippen molar-refractivity contribution in [3.05, 3.63) is 64.1 Å². The van der Waals surface area contributed by atoms with Crippen molar-refractivity contribution in [1.82, 2.24) is 4.90 Å². The van der Waals surface area contributed by atoms with Gasteiger partial charge in [0.2, 0.25) is 0 Å². The zero-order chi connectivity index (χ0) is 19.1. The van der Waals surface area contributed by atoms with Gasteiger partial charge in [0.05, 0.1) is 6.21 Å². The van der Waals surface area contributed by atoms with Crippen LogP contribution in [0.2, 0.25) is 0 Å². The quantitative estimate of drug-likeness (QED) is 0.432. The molecule has 27 heavy (non-hydrogen) atoms. The first-order chi connectivity index (χ1) is 13.1. The Morgan fingerprint density at radius 1 is 1.15 bits per heavy atom. The molecule has 2 aromatic rings. The van der Waals surface area contributed by atoms with Gasteiger partial charge in [-0.2, -0.15) is 5.10 Å².